The topological polar surface area (TPSA) is 89.1 Å². The molecule has 1 aliphatic rings. The Bertz CT molecular complexity index is 1120. The van der Waals surface area contributed by atoms with E-state index in [1.165, 1.54) is 18.3 Å². The highest BCUT2D eigenvalue weighted by Gasteiger charge is 2.30. The van der Waals surface area contributed by atoms with Crippen molar-refractivity contribution in [3.63, 3.8) is 0 Å². The molecule has 6 heteroatoms. The van der Waals surface area contributed by atoms with E-state index in [0.29, 0.717) is 46.7 Å². The second-order valence-corrected chi connectivity index (χ2v) is 8.43. The highest BCUT2D eigenvalue weighted by Crippen LogP contribution is 2.34. The number of hydrogen-bond donors (Lipinski definition) is 2. The van der Waals surface area contributed by atoms with E-state index in [1.807, 2.05) is 26.0 Å². The highest BCUT2D eigenvalue weighted by molar-refractivity contribution is 6.22. The molecule has 3 N–H and O–H groups in total. The van der Waals surface area contributed by atoms with Gasteiger partial charge in [0.1, 0.15) is 11.6 Å². The summed E-state index contributed by atoms with van der Waals surface area (Å²) >= 11 is 0. The fourth-order valence-electron chi connectivity index (χ4n) is 4.17. The molecular weight excluding hydrogens is 417 g/mol. The summed E-state index contributed by atoms with van der Waals surface area (Å²) in [6, 6.07) is 6.37. The molecule has 0 bridgehead atoms. The molecule has 2 unspecified atom stereocenters. The standard InChI is InChI=1S/C27H32FN3O2/c1-5-16(4)21-12-25(22(13-29)24(30)7-3)31-14-23(21)20(6-2)27(32)18-10-17-11-19(28)8-9-26(17)33-15-18/h6,8-9,11-14,16,18,29H,5,7,10,15,30H2,1-4H3/b20-6+,24-22+,29-13?. The van der Waals surface area contributed by atoms with Gasteiger partial charge in [-0.2, -0.15) is 0 Å². The third-order valence-electron chi connectivity index (χ3n) is 6.37. The highest BCUT2D eigenvalue weighted by atomic mass is 19.1. The predicted octanol–water partition coefficient (Wildman–Crippen LogP) is 5.69. The molecule has 1 aromatic carbocycles. The normalized spacial score (nSPS) is 17.5. The van der Waals surface area contributed by atoms with E-state index in [2.05, 4.69) is 18.8 Å². The first-order valence-corrected chi connectivity index (χ1v) is 11.5. The number of rotatable bonds is 8. The van der Waals surface area contributed by atoms with Crippen LogP contribution in [0.4, 0.5) is 4.39 Å². The number of ether oxygens (including phenoxy) is 1. The van der Waals surface area contributed by atoms with Crippen LogP contribution in [0.3, 0.4) is 0 Å². The number of pyridine rings is 1. The second-order valence-electron chi connectivity index (χ2n) is 8.43. The van der Waals surface area contributed by atoms with E-state index in [1.54, 1.807) is 12.3 Å². The van der Waals surface area contributed by atoms with Gasteiger partial charge in [-0.25, -0.2) is 4.39 Å². The van der Waals surface area contributed by atoms with Crippen LogP contribution in [0.5, 0.6) is 5.75 Å². The van der Waals surface area contributed by atoms with Crippen LogP contribution >= 0.6 is 0 Å². The van der Waals surface area contributed by atoms with Crippen LogP contribution < -0.4 is 10.5 Å². The summed E-state index contributed by atoms with van der Waals surface area (Å²) in [5, 5.41) is 7.80. The van der Waals surface area contributed by atoms with Crippen LogP contribution in [-0.4, -0.2) is 23.6 Å². The molecule has 0 saturated heterocycles. The number of aromatic nitrogens is 1. The van der Waals surface area contributed by atoms with Crippen molar-refractivity contribution >= 4 is 23.1 Å². The fourth-order valence-corrected chi connectivity index (χ4v) is 4.17. The summed E-state index contributed by atoms with van der Waals surface area (Å²) in [5.41, 5.74) is 11.0. The van der Waals surface area contributed by atoms with E-state index >= 15 is 0 Å². The molecule has 0 radical (unpaired) electrons. The molecule has 0 amide bonds. The number of allylic oxidation sites excluding steroid dienone is 4. The Kier molecular flexibility index (Phi) is 7.79. The Hall–Kier alpha value is -3.28. The number of carbonyl (C=O) groups is 1. The molecule has 1 aromatic heterocycles. The Labute approximate surface area is 195 Å². The molecule has 0 saturated carbocycles. The van der Waals surface area contributed by atoms with Crippen molar-refractivity contribution in [1.29, 1.82) is 5.41 Å². The number of ketones is 1. The Balaban J connectivity index is 2.01. The lowest BCUT2D eigenvalue weighted by Gasteiger charge is -2.26. The van der Waals surface area contributed by atoms with Crippen LogP contribution in [0.2, 0.25) is 0 Å². The molecule has 33 heavy (non-hydrogen) atoms. The zero-order valence-corrected chi connectivity index (χ0v) is 19.7. The molecular formula is C27H32FN3O2. The van der Waals surface area contributed by atoms with Crippen molar-refractivity contribution in [2.45, 2.75) is 52.9 Å². The van der Waals surface area contributed by atoms with E-state index in [-0.39, 0.29) is 24.1 Å². The molecule has 2 aromatic rings. The van der Waals surface area contributed by atoms with Gasteiger partial charge in [0.05, 0.1) is 18.2 Å². The van der Waals surface area contributed by atoms with Crippen molar-refractivity contribution < 1.29 is 13.9 Å². The number of carbonyl (C=O) groups excluding carboxylic acids is 1. The van der Waals surface area contributed by atoms with Gasteiger partial charge in [-0.1, -0.05) is 26.8 Å². The first kappa shape index (κ1) is 24.4. The minimum absolute atomic E-state index is 0.0394. The van der Waals surface area contributed by atoms with E-state index < -0.39 is 5.92 Å². The second kappa shape index (κ2) is 10.6. The average Bonchev–Trinajstić information content (AvgIpc) is 2.84. The van der Waals surface area contributed by atoms with Gasteiger partial charge < -0.3 is 15.9 Å². The maximum Gasteiger partial charge on any atom is 0.170 e. The van der Waals surface area contributed by atoms with E-state index in [9.17, 15) is 9.18 Å². The predicted molar refractivity (Wildman–Crippen MR) is 131 cm³/mol. The third kappa shape index (κ3) is 5.05. The monoisotopic (exact) mass is 449 g/mol. The van der Waals surface area contributed by atoms with Gasteiger partial charge >= 0.3 is 0 Å². The number of fused-ring (bicyclic) bond motifs is 1. The van der Waals surface area contributed by atoms with Crippen LogP contribution in [-0.2, 0) is 11.2 Å². The molecule has 0 fully saturated rings. The number of nitrogens with zero attached hydrogens (tertiary/aromatic N) is 1. The van der Waals surface area contributed by atoms with Crippen molar-refractivity contribution in [1.82, 2.24) is 4.98 Å². The Morgan fingerprint density at radius 1 is 1.36 bits per heavy atom. The number of Topliss-reactive ketones (excluding diaryl/α,β-unsaturated/α-hetero) is 1. The summed E-state index contributed by atoms with van der Waals surface area (Å²) in [7, 11) is 0. The van der Waals surface area contributed by atoms with Crippen LogP contribution in [0, 0.1) is 17.1 Å². The van der Waals surface area contributed by atoms with Crippen LogP contribution in [0.25, 0.3) is 11.1 Å². The van der Waals surface area contributed by atoms with Gasteiger partial charge in [0, 0.05) is 34.8 Å². The molecule has 174 valence electrons. The molecule has 2 atom stereocenters. The van der Waals surface area contributed by atoms with Gasteiger partial charge in [0.25, 0.3) is 0 Å². The summed E-state index contributed by atoms with van der Waals surface area (Å²) in [4.78, 5) is 18.2. The zero-order chi connectivity index (χ0) is 24.1. The molecule has 5 nitrogen and oxygen atoms in total. The third-order valence-corrected chi connectivity index (χ3v) is 6.37. The SMILES string of the molecule is C/C=C(/C(=O)C1COc2ccc(F)cc2C1)c1cnc(/C(C=N)=C(/N)CC)cc1C(C)CC. The summed E-state index contributed by atoms with van der Waals surface area (Å²) < 4.78 is 19.5. The minimum Gasteiger partial charge on any atom is -0.493 e. The fraction of sp³-hybridized carbons (Fsp3) is 0.370. The maximum atomic E-state index is 13.7. The number of nitrogens with two attached hydrogens (primary N) is 1. The number of halogens is 1. The van der Waals surface area contributed by atoms with Gasteiger partial charge in [0.2, 0.25) is 0 Å². The first-order valence-electron chi connectivity index (χ1n) is 11.5. The van der Waals surface area contributed by atoms with Crippen LogP contribution in [0.1, 0.15) is 68.8 Å². The van der Waals surface area contributed by atoms with Crippen LogP contribution in [0.15, 0.2) is 42.2 Å². The molecule has 0 aliphatic carbocycles. The molecule has 2 heterocycles. The van der Waals surface area contributed by atoms with Crippen molar-refractivity contribution in [3.05, 3.63) is 70.4 Å². The van der Waals surface area contributed by atoms with E-state index in [4.69, 9.17) is 15.9 Å². The quantitative estimate of drug-likeness (QED) is 0.400. The Morgan fingerprint density at radius 3 is 2.76 bits per heavy atom. The van der Waals surface area contributed by atoms with Gasteiger partial charge in [-0.3, -0.25) is 9.78 Å². The zero-order valence-electron chi connectivity index (χ0n) is 19.7. The van der Waals surface area contributed by atoms with E-state index in [0.717, 1.165) is 17.5 Å². The lowest BCUT2D eigenvalue weighted by Crippen LogP contribution is -2.29. The average molecular weight is 450 g/mol. The van der Waals surface area contributed by atoms with Crippen molar-refractivity contribution in [2.75, 3.05) is 6.61 Å². The molecule has 1 aliphatic heterocycles. The van der Waals surface area contributed by atoms with Gasteiger partial charge in [-0.15, -0.1) is 0 Å². The number of nitrogens with one attached hydrogen (secondary N) is 1. The molecule has 3 rings (SSSR count). The van der Waals surface area contributed by atoms with Gasteiger partial charge in [-0.05, 0) is 67.5 Å². The maximum absolute atomic E-state index is 13.7. The number of benzene rings is 1. The first-order chi connectivity index (χ1) is 15.8. The largest absolute Gasteiger partial charge is 0.493 e. The van der Waals surface area contributed by atoms with Crippen molar-refractivity contribution in [3.8, 4) is 5.75 Å². The lowest BCUT2D eigenvalue weighted by molar-refractivity contribution is -0.118. The molecule has 0 spiro atoms. The lowest BCUT2D eigenvalue weighted by atomic mass is 9.83. The summed E-state index contributed by atoms with van der Waals surface area (Å²) in [6.45, 7) is 8.25. The summed E-state index contributed by atoms with van der Waals surface area (Å²) in [5.74, 6) is 0.0344. The smallest absolute Gasteiger partial charge is 0.170 e. The van der Waals surface area contributed by atoms with Crippen molar-refractivity contribution in [2.24, 2.45) is 11.7 Å². The van der Waals surface area contributed by atoms with Gasteiger partial charge in [0.15, 0.2) is 5.78 Å². The Morgan fingerprint density at radius 2 is 2.12 bits per heavy atom. The minimum atomic E-state index is -0.400. The number of hydrogen-bond acceptors (Lipinski definition) is 5. The summed E-state index contributed by atoms with van der Waals surface area (Å²) in [6.07, 6.45) is 6.70.